The molecule has 0 radical (unpaired) electrons. The van der Waals surface area contributed by atoms with Gasteiger partial charge in [0.25, 0.3) is 0 Å². The highest BCUT2D eigenvalue weighted by Crippen LogP contribution is 2.32. The molecule has 1 fully saturated rings. The standard InChI is InChI=1S/C9H13N3O4S/c1-9(2-3-17(15,16)5-9)12-7(10)6(4-11-12)8(13)14/h4H,2-3,5,10H2,1H3,(H,13,14). The van der Waals surface area contributed by atoms with Crippen LogP contribution in [0.25, 0.3) is 0 Å². The third kappa shape index (κ3) is 1.88. The van der Waals surface area contributed by atoms with Gasteiger partial charge in [0, 0.05) is 0 Å². The van der Waals surface area contributed by atoms with E-state index in [2.05, 4.69) is 5.10 Å². The minimum absolute atomic E-state index is 0.00269. The van der Waals surface area contributed by atoms with Gasteiger partial charge in [-0.2, -0.15) is 5.10 Å². The molecule has 1 aromatic rings. The summed E-state index contributed by atoms with van der Waals surface area (Å²) in [6.07, 6.45) is 1.54. The zero-order chi connectivity index (χ0) is 12.8. The number of sulfone groups is 1. The molecule has 0 spiro atoms. The van der Waals surface area contributed by atoms with Crippen LogP contribution < -0.4 is 5.73 Å². The van der Waals surface area contributed by atoms with Crippen LogP contribution in [0.15, 0.2) is 6.20 Å². The number of hydrogen-bond donors (Lipinski definition) is 2. The van der Waals surface area contributed by atoms with Gasteiger partial charge in [0.15, 0.2) is 9.84 Å². The molecule has 2 rings (SSSR count). The maximum absolute atomic E-state index is 11.5. The van der Waals surface area contributed by atoms with Crippen molar-refractivity contribution >= 4 is 21.6 Å². The topological polar surface area (TPSA) is 115 Å². The molecular weight excluding hydrogens is 246 g/mol. The SMILES string of the molecule is CC1(n2ncc(C(=O)O)c2N)CCS(=O)(=O)C1. The van der Waals surface area contributed by atoms with Gasteiger partial charge in [-0.3, -0.25) is 0 Å². The third-order valence-corrected chi connectivity index (χ3v) is 4.92. The fourth-order valence-corrected chi connectivity index (χ4v) is 4.22. The second-order valence-electron chi connectivity index (χ2n) is 4.50. The number of carbonyl (C=O) groups is 1. The first-order valence-electron chi connectivity index (χ1n) is 5.03. The molecule has 0 amide bonds. The molecule has 2 heterocycles. The Hall–Kier alpha value is -1.57. The Morgan fingerprint density at radius 2 is 2.29 bits per heavy atom. The average molecular weight is 259 g/mol. The van der Waals surface area contributed by atoms with Crippen molar-refractivity contribution in [2.75, 3.05) is 17.2 Å². The highest BCUT2D eigenvalue weighted by atomic mass is 32.2. The molecule has 0 saturated carbocycles. The van der Waals surface area contributed by atoms with Crippen molar-refractivity contribution in [2.24, 2.45) is 0 Å². The van der Waals surface area contributed by atoms with Crippen LogP contribution in [0.1, 0.15) is 23.7 Å². The van der Waals surface area contributed by atoms with Gasteiger partial charge in [-0.25, -0.2) is 17.9 Å². The summed E-state index contributed by atoms with van der Waals surface area (Å²) in [6.45, 7) is 1.71. The second-order valence-corrected chi connectivity index (χ2v) is 6.68. The first-order valence-corrected chi connectivity index (χ1v) is 6.85. The van der Waals surface area contributed by atoms with Crippen LogP contribution in [-0.4, -0.2) is 40.8 Å². The Kier molecular flexibility index (Phi) is 2.42. The largest absolute Gasteiger partial charge is 0.477 e. The lowest BCUT2D eigenvalue weighted by Gasteiger charge is -2.24. The first kappa shape index (κ1) is 11.9. The van der Waals surface area contributed by atoms with Crippen molar-refractivity contribution in [1.29, 1.82) is 0 Å². The molecule has 3 N–H and O–H groups in total. The average Bonchev–Trinajstić information content (AvgIpc) is 2.68. The van der Waals surface area contributed by atoms with Crippen LogP contribution in [0.4, 0.5) is 5.82 Å². The maximum atomic E-state index is 11.5. The van der Waals surface area contributed by atoms with Crippen molar-refractivity contribution in [3.05, 3.63) is 11.8 Å². The molecule has 1 aromatic heterocycles. The zero-order valence-electron chi connectivity index (χ0n) is 9.25. The summed E-state index contributed by atoms with van der Waals surface area (Å²) in [6, 6.07) is 0. The molecule has 7 nitrogen and oxygen atoms in total. The number of carboxylic acid groups (broad SMARTS) is 1. The van der Waals surface area contributed by atoms with E-state index in [1.54, 1.807) is 6.92 Å². The first-order chi connectivity index (χ1) is 7.75. The maximum Gasteiger partial charge on any atom is 0.341 e. The van der Waals surface area contributed by atoms with Gasteiger partial charge >= 0.3 is 5.97 Å². The molecule has 1 aliphatic heterocycles. The lowest BCUT2D eigenvalue weighted by Crippen LogP contribution is -2.33. The molecule has 1 unspecified atom stereocenters. The minimum Gasteiger partial charge on any atom is -0.477 e. The molecule has 1 saturated heterocycles. The third-order valence-electron chi connectivity index (χ3n) is 3.03. The van der Waals surface area contributed by atoms with Gasteiger partial charge in [-0.1, -0.05) is 0 Å². The number of carboxylic acids is 1. The van der Waals surface area contributed by atoms with Crippen LogP contribution in [0.5, 0.6) is 0 Å². The molecule has 17 heavy (non-hydrogen) atoms. The molecule has 0 bridgehead atoms. The summed E-state index contributed by atoms with van der Waals surface area (Å²) in [7, 11) is -3.09. The molecular formula is C9H13N3O4S. The molecule has 1 atom stereocenters. The van der Waals surface area contributed by atoms with Crippen molar-refractivity contribution in [2.45, 2.75) is 18.9 Å². The Labute approximate surface area is 98.1 Å². The normalized spacial score (nSPS) is 27.1. The van der Waals surface area contributed by atoms with Crippen LogP contribution >= 0.6 is 0 Å². The van der Waals surface area contributed by atoms with Crippen molar-refractivity contribution in [3.8, 4) is 0 Å². The number of aromatic nitrogens is 2. The van der Waals surface area contributed by atoms with E-state index in [9.17, 15) is 13.2 Å². The quantitative estimate of drug-likeness (QED) is 0.753. The van der Waals surface area contributed by atoms with Gasteiger partial charge in [-0.05, 0) is 13.3 Å². The number of anilines is 1. The number of hydrogen-bond acceptors (Lipinski definition) is 5. The van der Waals surface area contributed by atoms with E-state index in [-0.39, 0.29) is 22.9 Å². The fourth-order valence-electron chi connectivity index (χ4n) is 2.11. The summed E-state index contributed by atoms with van der Waals surface area (Å²) in [5.41, 5.74) is 4.83. The Balaban J connectivity index is 2.45. The predicted octanol–water partition coefficient (Wildman–Crippen LogP) is -0.303. The molecule has 0 aromatic carbocycles. The van der Waals surface area contributed by atoms with Gasteiger partial charge in [0.2, 0.25) is 0 Å². The Morgan fingerprint density at radius 1 is 1.65 bits per heavy atom. The van der Waals surface area contributed by atoms with E-state index in [1.807, 2.05) is 0 Å². The van der Waals surface area contributed by atoms with E-state index in [1.165, 1.54) is 4.68 Å². The van der Waals surface area contributed by atoms with Crippen molar-refractivity contribution in [3.63, 3.8) is 0 Å². The summed E-state index contributed by atoms with van der Waals surface area (Å²) in [4.78, 5) is 10.8. The van der Waals surface area contributed by atoms with Crippen LogP contribution in [0, 0.1) is 0 Å². The number of aromatic carboxylic acids is 1. The lowest BCUT2D eigenvalue weighted by atomic mass is 10.0. The van der Waals surface area contributed by atoms with Crippen LogP contribution in [0.3, 0.4) is 0 Å². The number of nitrogens with two attached hydrogens (primary N) is 1. The summed E-state index contributed by atoms with van der Waals surface area (Å²) in [5.74, 6) is -1.16. The zero-order valence-corrected chi connectivity index (χ0v) is 10.1. The highest BCUT2D eigenvalue weighted by molar-refractivity contribution is 7.91. The van der Waals surface area contributed by atoms with Gasteiger partial charge in [-0.15, -0.1) is 0 Å². The molecule has 8 heteroatoms. The molecule has 94 valence electrons. The Morgan fingerprint density at radius 3 is 2.71 bits per heavy atom. The van der Waals surface area contributed by atoms with Gasteiger partial charge in [0.1, 0.15) is 11.4 Å². The molecule has 1 aliphatic rings. The molecule has 0 aliphatic carbocycles. The number of nitrogen functional groups attached to an aromatic ring is 1. The Bertz CT molecular complexity index is 577. The van der Waals surface area contributed by atoms with E-state index >= 15 is 0 Å². The summed E-state index contributed by atoms with van der Waals surface area (Å²) < 4.78 is 24.3. The van der Waals surface area contributed by atoms with Crippen molar-refractivity contribution in [1.82, 2.24) is 9.78 Å². The van der Waals surface area contributed by atoms with Crippen molar-refractivity contribution < 1.29 is 18.3 Å². The predicted molar refractivity (Wildman–Crippen MR) is 60.5 cm³/mol. The van der Waals surface area contributed by atoms with E-state index in [0.717, 1.165) is 6.20 Å². The second kappa shape index (κ2) is 3.46. The van der Waals surface area contributed by atoms with E-state index in [0.29, 0.717) is 6.42 Å². The lowest BCUT2D eigenvalue weighted by molar-refractivity contribution is 0.0698. The smallest absolute Gasteiger partial charge is 0.341 e. The van der Waals surface area contributed by atoms with Gasteiger partial charge in [0.05, 0.1) is 23.2 Å². The van der Waals surface area contributed by atoms with E-state index < -0.39 is 21.3 Å². The fraction of sp³-hybridized carbons (Fsp3) is 0.556. The van der Waals surface area contributed by atoms with E-state index in [4.69, 9.17) is 10.8 Å². The monoisotopic (exact) mass is 259 g/mol. The number of nitrogens with zero attached hydrogens (tertiary/aromatic N) is 2. The highest BCUT2D eigenvalue weighted by Gasteiger charge is 2.42. The minimum atomic E-state index is -3.09. The van der Waals surface area contributed by atoms with Gasteiger partial charge < -0.3 is 10.8 Å². The summed E-state index contributed by atoms with van der Waals surface area (Å²) >= 11 is 0. The number of rotatable bonds is 2. The van der Waals surface area contributed by atoms with Crippen LogP contribution in [-0.2, 0) is 15.4 Å². The summed E-state index contributed by atoms with van der Waals surface area (Å²) in [5, 5.41) is 12.8. The van der Waals surface area contributed by atoms with Crippen LogP contribution in [0.2, 0.25) is 0 Å².